The number of carbonyl (C=O) groups excluding carboxylic acids is 1. The predicted octanol–water partition coefficient (Wildman–Crippen LogP) is 0.721. The van der Waals surface area contributed by atoms with Gasteiger partial charge in [-0.15, -0.1) is 0 Å². The minimum absolute atomic E-state index is 0.300. The second kappa shape index (κ2) is 7.94. The van der Waals surface area contributed by atoms with Gasteiger partial charge in [0.1, 0.15) is 12.4 Å². The highest BCUT2D eigenvalue weighted by molar-refractivity contribution is 5.93. The van der Waals surface area contributed by atoms with Crippen LogP contribution in [-0.4, -0.2) is 73.0 Å². The van der Waals surface area contributed by atoms with Crippen LogP contribution in [0.1, 0.15) is 22.8 Å². The van der Waals surface area contributed by atoms with Crippen molar-refractivity contribution in [2.75, 3.05) is 46.0 Å². The van der Waals surface area contributed by atoms with Crippen LogP contribution in [0.15, 0.2) is 18.2 Å². The largest absolute Gasteiger partial charge is 0.492 e. The summed E-state index contributed by atoms with van der Waals surface area (Å²) >= 11 is 0. The highest BCUT2D eigenvalue weighted by atomic mass is 16.5. The Morgan fingerprint density at radius 2 is 2.12 bits per heavy atom. The molecule has 2 heterocycles. The molecule has 3 rings (SSSR count). The third-order valence-electron chi connectivity index (χ3n) is 4.71. The standard InChI is InChI=1S/C17H25N3O4/c1-13-12-24-16-10-14(17(21)18-22)2-3-15(16)11-20(13)5-4-19-6-8-23-9-7-19/h2-3,10,13,22H,4-9,11-12H2,1H3,(H,18,21). The SMILES string of the molecule is CC1COc2cc(C(=O)NO)ccc2CN1CCN1CCOCC1. The summed E-state index contributed by atoms with van der Waals surface area (Å²) in [4.78, 5) is 16.4. The maximum atomic E-state index is 11.5. The highest BCUT2D eigenvalue weighted by Gasteiger charge is 2.23. The number of carbonyl (C=O) groups is 1. The van der Waals surface area contributed by atoms with E-state index < -0.39 is 5.91 Å². The molecule has 2 N–H and O–H groups in total. The molecule has 1 atom stereocenters. The molecule has 1 unspecified atom stereocenters. The summed E-state index contributed by atoms with van der Waals surface area (Å²) in [5.41, 5.74) is 3.12. The third-order valence-corrected chi connectivity index (χ3v) is 4.71. The number of nitrogens with zero attached hydrogens (tertiary/aromatic N) is 2. The summed E-state index contributed by atoms with van der Waals surface area (Å²) in [7, 11) is 0. The van der Waals surface area contributed by atoms with Gasteiger partial charge >= 0.3 is 0 Å². The Hall–Kier alpha value is -1.67. The minimum Gasteiger partial charge on any atom is -0.492 e. The predicted molar refractivity (Wildman–Crippen MR) is 88.3 cm³/mol. The third kappa shape index (κ3) is 4.05. The molecule has 0 radical (unpaired) electrons. The fourth-order valence-corrected chi connectivity index (χ4v) is 3.11. The zero-order valence-corrected chi connectivity index (χ0v) is 14.0. The molecule has 7 nitrogen and oxygen atoms in total. The molecular formula is C17H25N3O4. The number of morpholine rings is 1. The van der Waals surface area contributed by atoms with Gasteiger partial charge < -0.3 is 9.47 Å². The van der Waals surface area contributed by atoms with E-state index in [1.165, 1.54) is 0 Å². The van der Waals surface area contributed by atoms with Crippen LogP contribution in [0.3, 0.4) is 0 Å². The van der Waals surface area contributed by atoms with E-state index in [1.54, 1.807) is 17.6 Å². The van der Waals surface area contributed by atoms with Crippen molar-refractivity contribution >= 4 is 5.91 Å². The zero-order valence-electron chi connectivity index (χ0n) is 14.0. The van der Waals surface area contributed by atoms with Gasteiger partial charge in [-0.05, 0) is 19.1 Å². The van der Waals surface area contributed by atoms with Crippen molar-refractivity contribution < 1.29 is 19.5 Å². The number of rotatable bonds is 4. The van der Waals surface area contributed by atoms with Crippen LogP contribution in [-0.2, 0) is 11.3 Å². The molecular weight excluding hydrogens is 310 g/mol. The number of benzene rings is 1. The number of ether oxygens (including phenoxy) is 2. The van der Waals surface area contributed by atoms with Crippen molar-refractivity contribution in [3.8, 4) is 5.75 Å². The molecule has 1 amide bonds. The van der Waals surface area contributed by atoms with Gasteiger partial charge in [0.05, 0.1) is 13.2 Å². The van der Waals surface area contributed by atoms with Crippen LogP contribution in [0.4, 0.5) is 0 Å². The lowest BCUT2D eigenvalue weighted by Crippen LogP contribution is -2.44. The summed E-state index contributed by atoms with van der Waals surface area (Å²) in [5, 5.41) is 8.76. The average molecular weight is 335 g/mol. The molecule has 0 bridgehead atoms. The molecule has 132 valence electrons. The van der Waals surface area contributed by atoms with Gasteiger partial charge in [-0.2, -0.15) is 0 Å². The zero-order chi connectivity index (χ0) is 16.9. The van der Waals surface area contributed by atoms with Crippen LogP contribution in [0, 0.1) is 0 Å². The van der Waals surface area contributed by atoms with Crippen molar-refractivity contribution in [3.05, 3.63) is 29.3 Å². The second-order valence-corrected chi connectivity index (χ2v) is 6.35. The highest BCUT2D eigenvalue weighted by Crippen LogP contribution is 2.26. The molecule has 0 aliphatic carbocycles. The maximum Gasteiger partial charge on any atom is 0.274 e. The molecule has 2 aliphatic heterocycles. The number of fused-ring (bicyclic) bond motifs is 1. The van der Waals surface area contributed by atoms with Crippen molar-refractivity contribution in [2.45, 2.75) is 19.5 Å². The average Bonchev–Trinajstić information content (AvgIpc) is 2.78. The van der Waals surface area contributed by atoms with Gasteiger partial charge in [-0.25, -0.2) is 5.48 Å². The Labute approximate surface area is 142 Å². The Morgan fingerprint density at radius 3 is 2.88 bits per heavy atom. The van der Waals surface area contributed by atoms with Crippen LogP contribution >= 0.6 is 0 Å². The van der Waals surface area contributed by atoms with E-state index in [2.05, 4.69) is 16.7 Å². The molecule has 1 aromatic carbocycles. The van der Waals surface area contributed by atoms with E-state index in [4.69, 9.17) is 14.7 Å². The number of hydroxylamine groups is 1. The van der Waals surface area contributed by atoms with E-state index in [-0.39, 0.29) is 0 Å². The van der Waals surface area contributed by atoms with Gasteiger partial charge in [0.15, 0.2) is 0 Å². The first-order valence-electron chi connectivity index (χ1n) is 8.41. The Morgan fingerprint density at radius 1 is 1.33 bits per heavy atom. The Kier molecular flexibility index (Phi) is 5.68. The fraction of sp³-hybridized carbons (Fsp3) is 0.588. The lowest BCUT2D eigenvalue weighted by Gasteiger charge is -2.31. The number of amides is 1. The molecule has 0 aromatic heterocycles. The number of hydrogen-bond acceptors (Lipinski definition) is 6. The second-order valence-electron chi connectivity index (χ2n) is 6.35. The first kappa shape index (κ1) is 17.2. The number of hydrogen-bond donors (Lipinski definition) is 2. The van der Waals surface area contributed by atoms with Crippen molar-refractivity contribution in [3.63, 3.8) is 0 Å². The van der Waals surface area contributed by atoms with Crippen LogP contribution < -0.4 is 10.2 Å². The summed E-state index contributed by atoms with van der Waals surface area (Å²) in [5.74, 6) is 0.194. The van der Waals surface area contributed by atoms with E-state index >= 15 is 0 Å². The molecule has 1 saturated heterocycles. The van der Waals surface area contributed by atoms with E-state index in [9.17, 15) is 4.79 Å². The Bertz CT molecular complexity index is 575. The minimum atomic E-state index is -0.525. The molecule has 2 aliphatic rings. The van der Waals surface area contributed by atoms with Crippen LogP contribution in [0.25, 0.3) is 0 Å². The lowest BCUT2D eigenvalue weighted by molar-refractivity contribution is 0.0297. The van der Waals surface area contributed by atoms with Gasteiger partial charge in [-0.3, -0.25) is 19.8 Å². The van der Waals surface area contributed by atoms with Crippen molar-refractivity contribution in [1.82, 2.24) is 15.3 Å². The van der Waals surface area contributed by atoms with E-state index in [0.717, 1.165) is 57.3 Å². The quantitative estimate of drug-likeness (QED) is 0.624. The van der Waals surface area contributed by atoms with E-state index in [1.807, 2.05) is 6.07 Å². The monoisotopic (exact) mass is 335 g/mol. The molecule has 0 saturated carbocycles. The van der Waals surface area contributed by atoms with Gasteiger partial charge in [0.25, 0.3) is 5.91 Å². The molecule has 0 spiro atoms. The summed E-state index contributed by atoms with van der Waals surface area (Å²) in [6, 6.07) is 5.61. The molecule has 1 fully saturated rings. The van der Waals surface area contributed by atoms with Crippen LogP contribution in [0.5, 0.6) is 5.75 Å². The molecule has 1 aromatic rings. The molecule has 24 heavy (non-hydrogen) atoms. The van der Waals surface area contributed by atoms with Gasteiger partial charge in [0, 0.05) is 49.9 Å². The summed E-state index contributed by atoms with van der Waals surface area (Å²) in [6.07, 6.45) is 0. The van der Waals surface area contributed by atoms with Crippen molar-refractivity contribution in [2.24, 2.45) is 0 Å². The fourth-order valence-electron chi connectivity index (χ4n) is 3.11. The summed E-state index contributed by atoms with van der Waals surface area (Å²) in [6.45, 7) is 9.16. The van der Waals surface area contributed by atoms with Gasteiger partial charge in [-0.1, -0.05) is 6.07 Å². The Balaban J connectivity index is 1.66. The summed E-state index contributed by atoms with van der Waals surface area (Å²) < 4.78 is 11.3. The first-order chi connectivity index (χ1) is 11.7. The lowest BCUT2D eigenvalue weighted by atomic mass is 10.1. The number of nitrogens with one attached hydrogen (secondary N) is 1. The van der Waals surface area contributed by atoms with E-state index in [0.29, 0.717) is 18.2 Å². The van der Waals surface area contributed by atoms with Crippen molar-refractivity contribution in [1.29, 1.82) is 0 Å². The van der Waals surface area contributed by atoms with Crippen LogP contribution in [0.2, 0.25) is 0 Å². The first-order valence-corrected chi connectivity index (χ1v) is 8.41. The smallest absolute Gasteiger partial charge is 0.274 e. The maximum absolute atomic E-state index is 11.5. The topological polar surface area (TPSA) is 74.3 Å². The molecule has 7 heteroatoms. The van der Waals surface area contributed by atoms with Gasteiger partial charge in [0.2, 0.25) is 0 Å². The normalized spacial score (nSPS) is 22.3.